The predicted octanol–water partition coefficient (Wildman–Crippen LogP) is 3.98. The van der Waals surface area contributed by atoms with Crippen LogP contribution in [-0.4, -0.2) is 13.7 Å². The lowest BCUT2D eigenvalue weighted by Crippen LogP contribution is -2.07. The number of rotatable bonds is 5. The number of halogens is 1. The molecule has 1 N–H and O–H groups in total. The molecule has 102 valence electrons. The fourth-order valence-corrected chi connectivity index (χ4v) is 2.48. The number of hydrogen-bond donors (Lipinski definition) is 1. The van der Waals surface area contributed by atoms with Gasteiger partial charge in [-0.25, -0.2) is 0 Å². The first kappa shape index (κ1) is 14.4. The zero-order chi connectivity index (χ0) is 14.4. The van der Waals surface area contributed by atoms with Crippen LogP contribution in [0.15, 0.2) is 46.9 Å². The van der Waals surface area contributed by atoms with E-state index in [2.05, 4.69) is 27.3 Å². The van der Waals surface area contributed by atoms with Crippen molar-refractivity contribution in [1.82, 2.24) is 0 Å². The van der Waals surface area contributed by atoms with Crippen molar-refractivity contribution in [3.8, 4) is 11.8 Å². The van der Waals surface area contributed by atoms with Gasteiger partial charge >= 0.3 is 0 Å². The normalized spacial score (nSPS) is 9.85. The van der Waals surface area contributed by atoms with Gasteiger partial charge in [-0.3, -0.25) is 0 Å². The third kappa shape index (κ3) is 3.31. The number of nitrogens with zero attached hydrogens (tertiary/aromatic N) is 1. The Morgan fingerprint density at radius 3 is 2.75 bits per heavy atom. The van der Waals surface area contributed by atoms with Gasteiger partial charge in [-0.1, -0.05) is 24.3 Å². The van der Waals surface area contributed by atoms with Gasteiger partial charge in [0.05, 0.1) is 18.4 Å². The fraction of sp³-hybridized carbons (Fsp3) is 0.188. The van der Waals surface area contributed by atoms with E-state index in [0.29, 0.717) is 5.56 Å². The second-order valence-corrected chi connectivity index (χ2v) is 5.12. The third-order valence-electron chi connectivity index (χ3n) is 3.03. The Morgan fingerprint density at radius 2 is 2.00 bits per heavy atom. The molecule has 20 heavy (non-hydrogen) atoms. The lowest BCUT2D eigenvalue weighted by molar-refractivity contribution is 0.410. The molecule has 2 rings (SSSR count). The van der Waals surface area contributed by atoms with E-state index >= 15 is 0 Å². The summed E-state index contributed by atoms with van der Waals surface area (Å²) in [5.41, 5.74) is 2.63. The summed E-state index contributed by atoms with van der Waals surface area (Å²) in [6.45, 7) is 0.742. The highest BCUT2D eigenvalue weighted by Gasteiger charge is 2.06. The molecule has 0 aromatic heterocycles. The molecule has 0 radical (unpaired) electrons. The van der Waals surface area contributed by atoms with E-state index in [0.717, 1.165) is 34.4 Å². The number of anilines is 1. The minimum Gasteiger partial charge on any atom is -0.496 e. The third-order valence-corrected chi connectivity index (χ3v) is 3.69. The van der Waals surface area contributed by atoms with E-state index in [1.165, 1.54) is 0 Å². The Kier molecular flexibility index (Phi) is 5.03. The lowest BCUT2D eigenvalue weighted by Gasteiger charge is -2.11. The van der Waals surface area contributed by atoms with Crippen LogP contribution >= 0.6 is 15.9 Å². The van der Waals surface area contributed by atoms with Crippen LogP contribution in [0.4, 0.5) is 5.69 Å². The second kappa shape index (κ2) is 6.97. The van der Waals surface area contributed by atoms with Crippen LogP contribution in [0.3, 0.4) is 0 Å². The quantitative estimate of drug-likeness (QED) is 0.901. The first-order chi connectivity index (χ1) is 9.76. The molecule has 4 heteroatoms. The summed E-state index contributed by atoms with van der Waals surface area (Å²) in [4.78, 5) is 0. The van der Waals surface area contributed by atoms with Crippen molar-refractivity contribution in [1.29, 1.82) is 5.26 Å². The number of methoxy groups -OCH3 is 1. The van der Waals surface area contributed by atoms with Crippen molar-refractivity contribution in [3.05, 3.63) is 58.1 Å². The van der Waals surface area contributed by atoms with E-state index in [-0.39, 0.29) is 0 Å². The van der Waals surface area contributed by atoms with Crippen molar-refractivity contribution >= 4 is 21.6 Å². The van der Waals surface area contributed by atoms with Crippen molar-refractivity contribution in [2.24, 2.45) is 0 Å². The molecule has 0 fully saturated rings. The highest BCUT2D eigenvalue weighted by molar-refractivity contribution is 9.10. The van der Waals surface area contributed by atoms with Gasteiger partial charge in [0, 0.05) is 11.0 Å². The second-order valence-electron chi connectivity index (χ2n) is 4.26. The molecule has 3 nitrogen and oxygen atoms in total. The van der Waals surface area contributed by atoms with Gasteiger partial charge in [0.1, 0.15) is 11.8 Å². The minimum absolute atomic E-state index is 0.632. The van der Waals surface area contributed by atoms with E-state index in [1.54, 1.807) is 7.11 Å². The Morgan fingerprint density at radius 1 is 1.20 bits per heavy atom. The molecule has 0 heterocycles. The molecule has 0 unspecified atom stereocenters. The number of nitriles is 1. The van der Waals surface area contributed by atoms with Gasteiger partial charge < -0.3 is 10.1 Å². The summed E-state index contributed by atoms with van der Waals surface area (Å²) < 4.78 is 6.13. The smallest absolute Gasteiger partial charge is 0.122 e. The van der Waals surface area contributed by atoms with Gasteiger partial charge in [0.25, 0.3) is 0 Å². The summed E-state index contributed by atoms with van der Waals surface area (Å²) in [7, 11) is 1.67. The standard InChI is InChI=1S/C16H15BrN2O/c1-20-16-8-3-2-5-12(16)9-10-19-15-7-4-6-14(17)13(15)11-18/h2-8,19H,9-10H2,1H3. The van der Waals surface area contributed by atoms with Crippen molar-refractivity contribution in [2.45, 2.75) is 6.42 Å². The highest BCUT2D eigenvalue weighted by atomic mass is 79.9. The summed E-state index contributed by atoms with van der Waals surface area (Å²) in [6.07, 6.45) is 0.835. The van der Waals surface area contributed by atoms with Crippen LogP contribution in [0.1, 0.15) is 11.1 Å². The van der Waals surface area contributed by atoms with Gasteiger partial charge in [-0.05, 0) is 46.1 Å². The van der Waals surface area contributed by atoms with Crippen molar-refractivity contribution < 1.29 is 4.74 Å². The maximum Gasteiger partial charge on any atom is 0.122 e. The minimum atomic E-state index is 0.632. The average molecular weight is 331 g/mol. The molecule has 0 saturated heterocycles. The summed E-state index contributed by atoms with van der Waals surface area (Å²) in [5, 5.41) is 12.5. The van der Waals surface area contributed by atoms with Gasteiger partial charge in [0.15, 0.2) is 0 Å². The van der Waals surface area contributed by atoms with Gasteiger partial charge in [-0.15, -0.1) is 0 Å². The molecule has 0 amide bonds. The summed E-state index contributed by atoms with van der Waals surface area (Å²) >= 11 is 3.38. The number of para-hydroxylation sites is 1. The molecule has 0 bridgehead atoms. The topological polar surface area (TPSA) is 45.0 Å². The van der Waals surface area contributed by atoms with Crippen molar-refractivity contribution in [2.75, 3.05) is 19.0 Å². The average Bonchev–Trinajstić information content (AvgIpc) is 2.48. The monoisotopic (exact) mass is 330 g/mol. The first-order valence-electron chi connectivity index (χ1n) is 6.30. The highest BCUT2D eigenvalue weighted by Crippen LogP contribution is 2.24. The Hall–Kier alpha value is -1.99. The summed E-state index contributed by atoms with van der Waals surface area (Å²) in [5.74, 6) is 0.893. The molecule has 0 aliphatic rings. The lowest BCUT2D eigenvalue weighted by atomic mass is 10.1. The number of ether oxygens (including phenoxy) is 1. The van der Waals surface area contributed by atoms with Crippen LogP contribution in [-0.2, 0) is 6.42 Å². The molecule has 0 aliphatic heterocycles. The fourth-order valence-electron chi connectivity index (χ4n) is 2.03. The Bertz CT molecular complexity index is 635. The maximum absolute atomic E-state index is 9.16. The van der Waals surface area contributed by atoms with Gasteiger partial charge in [0.2, 0.25) is 0 Å². The van der Waals surface area contributed by atoms with E-state index < -0.39 is 0 Å². The van der Waals surface area contributed by atoms with E-state index in [1.807, 2.05) is 42.5 Å². The zero-order valence-corrected chi connectivity index (χ0v) is 12.8. The largest absolute Gasteiger partial charge is 0.496 e. The Labute approximate surface area is 127 Å². The molecule has 2 aromatic rings. The van der Waals surface area contributed by atoms with Gasteiger partial charge in [-0.2, -0.15) is 5.26 Å². The van der Waals surface area contributed by atoms with Crippen LogP contribution in [0.2, 0.25) is 0 Å². The molecule has 2 aromatic carbocycles. The predicted molar refractivity (Wildman–Crippen MR) is 84.0 cm³/mol. The zero-order valence-electron chi connectivity index (χ0n) is 11.2. The van der Waals surface area contributed by atoms with Crippen molar-refractivity contribution in [3.63, 3.8) is 0 Å². The van der Waals surface area contributed by atoms with Crippen LogP contribution in [0.5, 0.6) is 5.75 Å². The molecular formula is C16H15BrN2O. The number of nitrogens with one attached hydrogen (secondary N) is 1. The SMILES string of the molecule is COc1ccccc1CCNc1cccc(Br)c1C#N. The summed E-state index contributed by atoms with van der Waals surface area (Å²) in [6, 6.07) is 15.8. The molecule has 0 spiro atoms. The van der Waals surface area contributed by atoms with Crippen LogP contribution < -0.4 is 10.1 Å². The maximum atomic E-state index is 9.16. The van der Waals surface area contributed by atoms with E-state index in [9.17, 15) is 0 Å². The van der Waals surface area contributed by atoms with Crippen LogP contribution in [0.25, 0.3) is 0 Å². The van der Waals surface area contributed by atoms with E-state index in [4.69, 9.17) is 10.00 Å². The Balaban J connectivity index is 2.04. The molecule has 0 aliphatic carbocycles. The first-order valence-corrected chi connectivity index (χ1v) is 7.10. The molecule has 0 saturated carbocycles. The molecular weight excluding hydrogens is 316 g/mol. The van der Waals surface area contributed by atoms with Crippen LogP contribution in [0, 0.1) is 11.3 Å². The number of hydrogen-bond acceptors (Lipinski definition) is 3. The molecule has 0 atom stereocenters. The number of benzene rings is 2.